The standard InChI is InChI=1S/C22H20N2O8S3/c25-33(26,19-7-1-9-21(13-19)34(27,28)23-15-17-5-3-11-31-17)20-8-2-10-22(14-20)35(29,30)24-16-18-6-4-12-32-18/h1-14,23-24H,15-16H2. The molecule has 0 saturated heterocycles. The number of furan rings is 2. The monoisotopic (exact) mass is 536 g/mol. The molecule has 0 saturated carbocycles. The Morgan fingerprint density at radius 2 is 0.943 bits per heavy atom. The first-order valence-electron chi connectivity index (χ1n) is 10.1. The fraction of sp³-hybridized carbons (Fsp3) is 0.0909. The van der Waals surface area contributed by atoms with Crippen molar-refractivity contribution in [1.82, 2.24) is 9.44 Å². The predicted molar refractivity (Wildman–Crippen MR) is 124 cm³/mol. The Balaban J connectivity index is 1.59. The van der Waals surface area contributed by atoms with Crippen molar-refractivity contribution in [2.24, 2.45) is 0 Å². The maximum atomic E-state index is 13.2. The summed E-state index contributed by atoms with van der Waals surface area (Å²) in [5.41, 5.74) is 0. The van der Waals surface area contributed by atoms with Crippen LogP contribution in [0.3, 0.4) is 0 Å². The number of sulfone groups is 1. The van der Waals surface area contributed by atoms with Gasteiger partial charge in [0, 0.05) is 0 Å². The first kappa shape index (κ1) is 24.9. The summed E-state index contributed by atoms with van der Waals surface area (Å²) in [6, 6.07) is 16.0. The van der Waals surface area contributed by atoms with Gasteiger partial charge >= 0.3 is 0 Å². The molecule has 0 radical (unpaired) electrons. The first-order valence-corrected chi connectivity index (χ1v) is 14.5. The molecule has 0 spiro atoms. The zero-order valence-electron chi connectivity index (χ0n) is 18.0. The topological polar surface area (TPSA) is 153 Å². The zero-order chi connectivity index (χ0) is 25.1. The van der Waals surface area contributed by atoms with E-state index >= 15 is 0 Å². The highest BCUT2D eigenvalue weighted by atomic mass is 32.2. The highest BCUT2D eigenvalue weighted by Gasteiger charge is 2.24. The lowest BCUT2D eigenvalue weighted by Crippen LogP contribution is -2.23. The number of hydrogen-bond donors (Lipinski definition) is 2. The Hall–Kier alpha value is -3.23. The Morgan fingerprint density at radius 3 is 1.31 bits per heavy atom. The van der Waals surface area contributed by atoms with Gasteiger partial charge < -0.3 is 8.83 Å². The normalized spacial score (nSPS) is 12.6. The number of benzene rings is 2. The van der Waals surface area contributed by atoms with Crippen LogP contribution < -0.4 is 9.44 Å². The van der Waals surface area contributed by atoms with Crippen LogP contribution in [-0.4, -0.2) is 25.3 Å². The van der Waals surface area contributed by atoms with Crippen LogP contribution in [0.4, 0.5) is 0 Å². The molecule has 0 aliphatic carbocycles. The van der Waals surface area contributed by atoms with E-state index in [1.54, 1.807) is 24.3 Å². The molecule has 0 amide bonds. The van der Waals surface area contributed by atoms with Gasteiger partial charge in [0.05, 0.1) is 45.2 Å². The second-order valence-corrected chi connectivity index (χ2v) is 12.7. The van der Waals surface area contributed by atoms with E-state index in [1.807, 2.05) is 0 Å². The van der Waals surface area contributed by atoms with Crippen molar-refractivity contribution in [2.45, 2.75) is 32.7 Å². The van der Waals surface area contributed by atoms with E-state index in [1.165, 1.54) is 48.9 Å². The Labute approximate surface area is 202 Å². The Kier molecular flexibility index (Phi) is 6.96. The number of hydrogen-bond acceptors (Lipinski definition) is 8. The summed E-state index contributed by atoms with van der Waals surface area (Å²) in [6.45, 7) is -0.228. The van der Waals surface area contributed by atoms with Crippen LogP contribution in [0.1, 0.15) is 11.5 Å². The Bertz CT molecular complexity index is 1510. The summed E-state index contributed by atoms with van der Waals surface area (Å²) in [4.78, 5) is -1.16. The number of rotatable bonds is 10. The molecule has 184 valence electrons. The van der Waals surface area contributed by atoms with E-state index in [0.717, 1.165) is 12.1 Å². The number of nitrogens with one attached hydrogen (secondary N) is 2. The van der Waals surface area contributed by atoms with Gasteiger partial charge in [-0.25, -0.2) is 34.7 Å². The van der Waals surface area contributed by atoms with E-state index in [-0.39, 0.29) is 32.7 Å². The average molecular weight is 537 g/mol. The van der Waals surface area contributed by atoms with Crippen LogP contribution in [0, 0.1) is 0 Å². The van der Waals surface area contributed by atoms with Crippen molar-refractivity contribution in [3.05, 3.63) is 96.8 Å². The molecular formula is C22H20N2O8S3. The number of sulfonamides is 2. The summed E-state index contributed by atoms with van der Waals surface area (Å²) >= 11 is 0. The van der Waals surface area contributed by atoms with Gasteiger partial charge in [0.15, 0.2) is 0 Å². The third-order valence-electron chi connectivity index (χ3n) is 4.89. The predicted octanol–water partition coefficient (Wildman–Crippen LogP) is 2.66. The van der Waals surface area contributed by atoms with Crippen molar-refractivity contribution < 1.29 is 34.1 Å². The molecule has 2 heterocycles. The maximum absolute atomic E-state index is 13.2. The van der Waals surface area contributed by atoms with E-state index in [2.05, 4.69) is 9.44 Å². The van der Waals surface area contributed by atoms with Crippen molar-refractivity contribution >= 4 is 29.9 Å². The zero-order valence-corrected chi connectivity index (χ0v) is 20.4. The molecule has 4 aromatic rings. The molecule has 0 bridgehead atoms. The average Bonchev–Trinajstić information content (AvgIpc) is 3.56. The SMILES string of the molecule is O=S(=O)(NCc1ccco1)c1cccc(S(=O)(=O)c2cccc(S(=O)(=O)NCc3ccco3)c2)c1. The van der Waals surface area contributed by atoms with Gasteiger partial charge in [-0.3, -0.25) is 0 Å². The molecule has 4 rings (SSSR count). The molecule has 0 aliphatic heterocycles. The second-order valence-electron chi connectivity index (χ2n) is 7.26. The van der Waals surface area contributed by atoms with Crippen molar-refractivity contribution in [1.29, 1.82) is 0 Å². The fourth-order valence-corrected chi connectivity index (χ4v) is 6.66. The van der Waals surface area contributed by atoms with Gasteiger partial charge in [-0.05, 0) is 60.7 Å². The van der Waals surface area contributed by atoms with Crippen LogP contribution in [0.25, 0.3) is 0 Å². The second kappa shape index (κ2) is 9.79. The van der Waals surface area contributed by atoms with Crippen LogP contribution in [0.15, 0.2) is 114 Å². The molecule has 2 aromatic carbocycles. The van der Waals surface area contributed by atoms with Crippen molar-refractivity contribution in [2.75, 3.05) is 0 Å². The molecule has 0 aliphatic rings. The third-order valence-corrected chi connectivity index (χ3v) is 9.43. The van der Waals surface area contributed by atoms with Gasteiger partial charge in [-0.1, -0.05) is 12.1 Å². The highest BCUT2D eigenvalue weighted by Crippen LogP contribution is 2.25. The van der Waals surface area contributed by atoms with Crippen molar-refractivity contribution in [3.8, 4) is 0 Å². The van der Waals surface area contributed by atoms with Gasteiger partial charge in [-0.15, -0.1) is 0 Å². The van der Waals surface area contributed by atoms with Crippen LogP contribution >= 0.6 is 0 Å². The molecule has 0 fully saturated rings. The largest absolute Gasteiger partial charge is 0.468 e. The molecule has 2 N–H and O–H groups in total. The molecule has 0 unspecified atom stereocenters. The van der Waals surface area contributed by atoms with E-state index in [4.69, 9.17) is 8.83 Å². The molecule has 10 nitrogen and oxygen atoms in total. The summed E-state index contributed by atoms with van der Waals surface area (Å²) in [5, 5.41) is 0. The summed E-state index contributed by atoms with van der Waals surface area (Å²) in [6.07, 6.45) is 2.80. The van der Waals surface area contributed by atoms with Gasteiger partial charge in [0.25, 0.3) is 0 Å². The quantitative estimate of drug-likeness (QED) is 0.314. The third kappa shape index (κ3) is 5.71. The minimum atomic E-state index is -4.24. The van der Waals surface area contributed by atoms with Crippen LogP contribution in [-0.2, 0) is 43.0 Å². The molecule has 35 heavy (non-hydrogen) atoms. The van der Waals surface area contributed by atoms with Gasteiger partial charge in [0.2, 0.25) is 29.9 Å². The summed E-state index contributed by atoms with van der Waals surface area (Å²) in [7, 11) is -12.3. The molecule has 2 aromatic heterocycles. The maximum Gasteiger partial charge on any atom is 0.241 e. The minimum Gasteiger partial charge on any atom is -0.468 e. The molecule has 0 atom stereocenters. The molecule has 13 heteroatoms. The summed E-state index contributed by atoms with van der Waals surface area (Å²) in [5.74, 6) is 0.770. The lowest BCUT2D eigenvalue weighted by Gasteiger charge is -2.10. The Morgan fingerprint density at radius 1 is 0.543 bits per heavy atom. The molecular weight excluding hydrogens is 516 g/mol. The van der Waals surface area contributed by atoms with E-state index in [9.17, 15) is 25.3 Å². The lowest BCUT2D eigenvalue weighted by molar-refractivity contribution is 0.498. The van der Waals surface area contributed by atoms with Crippen LogP contribution in [0.5, 0.6) is 0 Å². The van der Waals surface area contributed by atoms with Crippen molar-refractivity contribution in [3.63, 3.8) is 0 Å². The van der Waals surface area contributed by atoms with Crippen LogP contribution in [0.2, 0.25) is 0 Å². The van der Waals surface area contributed by atoms with E-state index in [0.29, 0.717) is 11.5 Å². The highest BCUT2D eigenvalue weighted by molar-refractivity contribution is 7.92. The first-order chi connectivity index (χ1) is 16.6. The lowest BCUT2D eigenvalue weighted by atomic mass is 10.4. The summed E-state index contributed by atoms with van der Waals surface area (Å²) < 4.78 is 91.9. The van der Waals surface area contributed by atoms with Gasteiger partial charge in [-0.2, -0.15) is 0 Å². The van der Waals surface area contributed by atoms with E-state index < -0.39 is 29.9 Å². The fourth-order valence-electron chi connectivity index (χ4n) is 3.08. The van der Waals surface area contributed by atoms with Gasteiger partial charge in [0.1, 0.15) is 11.5 Å². The minimum absolute atomic E-state index is 0.114. The smallest absolute Gasteiger partial charge is 0.241 e.